The number of benzene rings is 2. The molecule has 2 aromatic rings. The van der Waals surface area contributed by atoms with Crippen molar-refractivity contribution in [3.63, 3.8) is 0 Å². The number of hydrogen-bond acceptors (Lipinski definition) is 7. The van der Waals surface area contributed by atoms with Gasteiger partial charge in [-0.05, 0) is 42.5 Å². The molecule has 6 rings (SSSR count). The maximum Gasteiger partial charge on any atom is 0.306 e. The van der Waals surface area contributed by atoms with E-state index in [9.17, 15) is 19.5 Å². The van der Waals surface area contributed by atoms with Crippen molar-refractivity contribution in [2.75, 3.05) is 24.7 Å². The summed E-state index contributed by atoms with van der Waals surface area (Å²) in [6.07, 6.45) is 5.38. The summed E-state index contributed by atoms with van der Waals surface area (Å²) >= 11 is 10.3. The number of nitrogens with zero attached hydrogens (tertiary/aromatic N) is 2. The number of hydrogen-bond donors (Lipinski definition) is 2. The average molecular weight is 741 g/mol. The highest BCUT2D eigenvalue weighted by molar-refractivity contribution is 9.11. The number of nitrogens with one attached hydrogen (secondary N) is 1. The number of amides is 3. The van der Waals surface area contributed by atoms with Crippen molar-refractivity contribution in [2.45, 2.75) is 62.9 Å². The highest BCUT2D eigenvalue weighted by Gasteiger charge is 2.75. The van der Waals surface area contributed by atoms with Gasteiger partial charge < -0.3 is 29.7 Å². The standard InChI is InChI=1S/C36H39BrClN3O7/c1-21(2)17-23(19-42)41-32-35(46)40(27-14-9-8-13-25(27)38)16-10-4-7-15-28(43)47-20-26(22-11-5-3-6-12-22)39-33(44)29-30(34(41)45)36(32)18-24(37)31(29)48-36/h3-6,8-14,18,21,23,26,29-32,42H,7,15-17,19-20H2,1-2H3,(H,39,44)/b10-4-/t23-,26-,29-,30+,31-,32-,36+/m1/s1. The van der Waals surface area contributed by atoms with E-state index in [1.165, 1.54) is 9.80 Å². The van der Waals surface area contributed by atoms with Crippen LogP contribution in [-0.2, 0) is 28.7 Å². The van der Waals surface area contributed by atoms with E-state index in [0.717, 1.165) is 5.56 Å². The number of likely N-dealkylation sites (tertiary alicyclic amines) is 1. The SMILES string of the molecule is CC(C)C[C@H](CO)N1C(=O)[C@@H]2[C@H]3C(=O)N[C@@H](c4ccccc4)COC(=O)CC/C=C\CN(c4ccccc4Cl)C(=O)[C@@H]1[C@]21C=C(Br)[C@H]3O1. The van der Waals surface area contributed by atoms with E-state index in [0.29, 0.717) is 28.0 Å². The van der Waals surface area contributed by atoms with Gasteiger partial charge >= 0.3 is 5.97 Å². The van der Waals surface area contributed by atoms with Crippen molar-refractivity contribution in [3.8, 4) is 0 Å². The number of allylic oxidation sites excluding steroid dienone is 1. The number of para-hydroxylation sites is 1. The highest BCUT2D eigenvalue weighted by atomic mass is 79.9. The van der Waals surface area contributed by atoms with Crippen LogP contribution in [0.25, 0.3) is 0 Å². The lowest BCUT2D eigenvalue weighted by Gasteiger charge is -2.39. The molecule has 2 N–H and O–H groups in total. The van der Waals surface area contributed by atoms with E-state index < -0.39 is 65.4 Å². The first kappa shape index (κ1) is 34.4. The Labute approximate surface area is 293 Å². The number of aliphatic hydroxyl groups excluding tert-OH is 1. The Morgan fingerprint density at radius 2 is 1.77 bits per heavy atom. The first-order chi connectivity index (χ1) is 23.1. The quantitative estimate of drug-likeness (QED) is 0.325. The predicted octanol–water partition coefficient (Wildman–Crippen LogP) is 4.70. The third-order valence-corrected chi connectivity index (χ3v) is 10.6. The largest absolute Gasteiger partial charge is 0.463 e. The summed E-state index contributed by atoms with van der Waals surface area (Å²) in [4.78, 5) is 59.9. The van der Waals surface area contributed by atoms with Crippen molar-refractivity contribution < 1.29 is 33.8 Å². The average Bonchev–Trinajstić information content (AvgIpc) is 3.66. The van der Waals surface area contributed by atoms with Gasteiger partial charge in [-0.25, -0.2) is 0 Å². The number of esters is 1. The van der Waals surface area contributed by atoms with Gasteiger partial charge in [-0.15, -0.1) is 0 Å². The van der Waals surface area contributed by atoms with Crippen molar-refractivity contribution >= 4 is 56.9 Å². The summed E-state index contributed by atoms with van der Waals surface area (Å²) < 4.78 is 12.8. The zero-order chi connectivity index (χ0) is 34.2. The monoisotopic (exact) mass is 739 g/mol. The number of halogens is 2. The Morgan fingerprint density at radius 1 is 1.04 bits per heavy atom. The van der Waals surface area contributed by atoms with Crippen molar-refractivity contribution in [1.29, 1.82) is 0 Å². The maximum atomic E-state index is 15.1. The molecule has 2 saturated heterocycles. The number of cyclic esters (lactones) is 1. The fourth-order valence-electron chi connectivity index (χ4n) is 7.50. The van der Waals surface area contributed by atoms with Crippen LogP contribution in [0.3, 0.4) is 0 Å². The smallest absolute Gasteiger partial charge is 0.306 e. The second-order valence-electron chi connectivity index (χ2n) is 13.1. The molecule has 0 unspecified atom stereocenters. The number of aliphatic hydroxyl groups is 1. The normalized spacial score (nSPS) is 30.6. The molecule has 0 aliphatic carbocycles. The van der Waals surface area contributed by atoms with Crippen LogP contribution < -0.4 is 10.2 Å². The lowest BCUT2D eigenvalue weighted by Crippen LogP contribution is -2.59. The topological polar surface area (TPSA) is 125 Å². The van der Waals surface area contributed by atoms with Gasteiger partial charge in [0.2, 0.25) is 11.8 Å². The molecule has 48 heavy (non-hydrogen) atoms. The van der Waals surface area contributed by atoms with Crippen LogP contribution in [0, 0.1) is 17.8 Å². The van der Waals surface area contributed by atoms with Crippen LogP contribution in [0.15, 0.2) is 77.3 Å². The molecule has 254 valence electrons. The molecular formula is C36H39BrClN3O7. The molecule has 4 heterocycles. The number of ether oxygens (including phenoxy) is 2. The number of carbonyl (C=O) groups excluding carboxylic acids is 4. The predicted molar refractivity (Wildman–Crippen MR) is 183 cm³/mol. The van der Waals surface area contributed by atoms with Crippen LogP contribution in [0.1, 0.15) is 44.7 Å². The Balaban J connectivity index is 1.49. The Morgan fingerprint density at radius 3 is 2.48 bits per heavy atom. The van der Waals surface area contributed by atoms with Gasteiger partial charge in [0.25, 0.3) is 5.91 Å². The molecule has 0 saturated carbocycles. The Kier molecular flexibility index (Phi) is 10.1. The summed E-state index contributed by atoms with van der Waals surface area (Å²) in [6, 6.07) is 13.5. The number of anilines is 1. The van der Waals surface area contributed by atoms with E-state index >= 15 is 4.79 Å². The third-order valence-electron chi connectivity index (χ3n) is 9.56. The molecule has 0 aromatic heterocycles. The Bertz CT molecular complexity index is 1630. The van der Waals surface area contributed by atoms with Gasteiger partial charge in [-0.2, -0.15) is 0 Å². The van der Waals surface area contributed by atoms with Crippen LogP contribution >= 0.6 is 27.5 Å². The Hall–Kier alpha value is -3.51. The van der Waals surface area contributed by atoms with E-state index in [2.05, 4.69) is 21.2 Å². The molecule has 10 nitrogen and oxygen atoms in total. The van der Waals surface area contributed by atoms with Gasteiger partial charge in [0.15, 0.2) is 0 Å². The molecule has 3 amide bonds. The molecule has 1 spiro atoms. The van der Waals surface area contributed by atoms with E-state index in [1.54, 1.807) is 42.5 Å². The molecule has 4 aliphatic rings. The minimum absolute atomic E-state index is 0.0825. The summed E-state index contributed by atoms with van der Waals surface area (Å²) in [5, 5.41) is 14.0. The zero-order valence-corrected chi connectivity index (χ0v) is 29.1. The summed E-state index contributed by atoms with van der Waals surface area (Å²) in [5.41, 5.74) is -0.348. The lowest BCUT2D eigenvalue weighted by molar-refractivity contribution is -0.146. The second-order valence-corrected chi connectivity index (χ2v) is 14.4. The first-order valence-electron chi connectivity index (χ1n) is 16.3. The van der Waals surface area contributed by atoms with E-state index in [1.807, 2.05) is 44.2 Å². The van der Waals surface area contributed by atoms with Crippen LogP contribution in [0.5, 0.6) is 0 Å². The second kappa shape index (κ2) is 14.2. The van der Waals surface area contributed by atoms with Gasteiger partial charge in [-0.3, -0.25) is 19.2 Å². The first-order valence-corrected chi connectivity index (χ1v) is 17.5. The van der Waals surface area contributed by atoms with E-state index in [4.69, 9.17) is 21.1 Å². The lowest BCUT2D eigenvalue weighted by atomic mass is 9.74. The van der Waals surface area contributed by atoms with Gasteiger partial charge in [0.1, 0.15) is 24.4 Å². The number of fused-ring (bicyclic) bond motifs is 2. The van der Waals surface area contributed by atoms with Gasteiger partial charge in [0, 0.05) is 17.4 Å². The minimum Gasteiger partial charge on any atom is -0.463 e. The zero-order valence-electron chi connectivity index (χ0n) is 26.8. The molecule has 12 heteroatoms. The van der Waals surface area contributed by atoms with Crippen LogP contribution in [0.4, 0.5) is 5.69 Å². The summed E-state index contributed by atoms with van der Waals surface area (Å²) in [5.74, 6) is -3.79. The van der Waals surface area contributed by atoms with Gasteiger partial charge in [0.05, 0.1) is 41.2 Å². The summed E-state index contributed by atoms with van der Waals surface area (Å²) in [6.45, 7) is 3.56. The minimum atomic E-state index is -1.50. The molecule has 2 fully saturated rings. The van der Waals surface area contributed by atoms with E-state index in [-0.39, 0.29) is 32.1 Å². The summed E-state index contributed by atoms with van der Waals surface area (Å²) in [7, 11) is 0. The number of rotatable bonds is 6. The molecule has 7 atom stereocenters. The van der Waals surface area contributed by atoms with Crippen molar-refractivity contribution in [2.24, 2.45) is 17.8 Å². The molecular weight excluding hydrogens is 702 g/mol. The van der Waals surface area contributed by atoms with Crippen LogP contribution in [-0.4, -0.2) is 77.2 Å². The molecule has 2 aromatic carbocycles. The fraction of sp³-hybridized carbons (Fsp3) is 0.444. The maximum absolute atomic E-state index is 15.1. The van der Waals surface area contributed by atoms with Crippen molar-refractivity contribution in [3.05, 3.63) is 87.9 Å². The van der Waals surface area contributed by atoms with Crippen LogP contribution in [0.2, 0.25) is 5.02 Å². The van der Waals surface area contributed by atoms with Crippen molar-refractivity contribution in [1.82, 2.24) is 10.2 Å². The number of carbonyl (C=O) groups is 4. The molecule has 4 aliphatic heterocycles. The molecule has 5 bridgehead atoms. The fourth-order valence-corrected chi connectivity index (χ4v) is 8.47. The van der Waals surface area contributed by atoms with Gasteiger partial charge in [-0.1, -0.05) is 96.0 Å². The highest BCUT2D eigenvalue weighted by Crippen LogP contribution is 2.59. The molecule has 0 radical (unpaired) electrons. The third kappa shape index (κ3) is 6.21.